The lowest BCUT2D eigenvalue weighted by molar-refractivity contribution is 0.0696. The Bertz CT molecular complexity index is 592. The zero-order valence-electron chi connectivity index (χ0n) is 11.5. The van der Waals surface area contributed by atoms with Crippen LogP contribution in [0.25, 0.3) is 0 Å². The Balaban J connectivity index is 1.54. The molecule has 1 N–H and O–H groups in total. The van der Waals surface area contributed by atoms with Gasteiger partial charge in [0.2, 0.25) is 0 Å². The first-order valence-corrected chi connectivity index (χ1v) is 7.65. The average Bonchev–Trinajstić information content (AvgIpc) is 3.03. The number of aromatic carboxylic acids is 1. The second-order valence-corrected chi connectivity index (χ2v) is 5.79. The quantitative estimate of drug-likeness (QED) is 0.924. The lowest BCUT2D eigenvalue weighted by atomic mass is 10.2. The van der Waals surface area contributed by atoms with E-state index in [1.807, 2.05) is 11.6 Å². The number of carbonyl (C=O) groups is 1. The van der Waals surface area contributed by atoms with Gasteiger partial charge in [0, 0.05) is 50.5 Å². The van der Waals surface area contributed by atoms with Crippen LogP contribution in [0, 0.1) is 0 Å². The highest BCUT2D eigenvalue weighted by molar-refractivity contribution is 7.13. The number of thiazole rings is 1. The fourth-order valence-electron chi connectivity index (χ4n) is 2.34. The fraction of sp³-hybridized carbons (Fsp3) is 0.357. The first-order chi connectivity index (χ1) is 10.2. The summed E-state index contributed by atoms with van der Waals surface area (Å²) in [5, 5.41) is 11.9. The van der Waals surface area contributed by atoms with Gasteiger partial charge in [-0.3, -0.25) is 9.88 Å². The van der Waals surface area contributed by atoms with Gasteiger partial charge in [-0.25, -0.2) is 9.78 Å². The molecule has 0 amide bonds. The molecule has 0 bridgehead atoms. The van der Waals surface area contributed by atoms with Gasteiger partial charge in [-0.05, 0) is 12.1 Å². The fourth-order valence-corrected chi connectivity index (χ4v) is 3.04. The van der Waals surface area contributed by atoms with E-state index in [0.29, 0.717) is 0 Å². The summed E-state index contributed by atoms with van der Waals surface area (Å²) in [5.74, 6) is -0.939. The molecule has 2 aromatic heterocycles. The van der Waals surface area contributed by atoms with Crippen LogP contribution in [0.3, 0.4) is 0 Å². The van der Waals surface area contributed by atoms with E-state index < -0.39 is 5.97 Å². The van der Waals surface area contributed by atoms with E-state index in [1.54, 1.807) is 23.5 Å². The van der Waals surface area contributed by atoms with E-state index in [-0.39, 0.29) is 5.56 Å². The number of rotatable bonds is 4. The molecule has 6 nitrogen and oxygen atoms in total. The second kappa shape index (κ2) is 6.19. The third-order valence-corrected chi connectivity index (χ3v) is 4.35. The Morgan fingerprint density at radius 3 is 2.62 bits per heavy atom. The van der Waals surface area contributed by atoms with Crippen molar-refractivity contribution >= 4 is 22.4 Å². The summed E-state index contributed by atoms with van der Waals surface area (Å²) in [7, 11) is 0. The van der Waals surface area contributed by atoms with Gasteiger partial charge < -0.3 is 10.0 Å². The van der Waals surface area contributed by atoms with Crippen LogP contribution < -0.4 is 4.90 Å². The third kappa shape index (κ3) is 3.37. The molecule has 0 aromatic carbocycles. The van der Waals surface area contributed by atoms with Crippen LogP contribution in [0.2, 0.25) is 0 Å². The first kappa shape index (κ1) is 14.0. The highest BCUT2D eigenvalue weighted by Gasteiger charge is 2.19. The number of anilines is 1. The first-order valence-electron chi connectivity index (χ1n) is 6.77. The van der Waals surface area contributed by atoms with Crippen LogP contribution in [-0.2, 0) is 6.54 Å². The number of carboxylic acid groups (broad SMARTS) is 1. The van der Waals surface area contributed by atoms with E-state index in [2.05, 4.69) is 19.8 Å². The molecule has 21 heavy (non-hydrogen) atoms. The van der Waals surface area contributed by atoms with Crippen LogP contribution in [0.15, 0.2) is 29.9 Å². The topological polar surface area (TPSA) is 69.6 Å². The number of hydrogen-bond acceptors (Lipinski definition) is 6. The number of aromatic nitrogens is 2. The smallest absolute Gasteiger partial charge is 0.337 e. The van der Waals surface area contributed by atoms with Crippen molar-refractivity contribution in [2.24, 2.45) is 0 Å². The van der Waals surface area contributed by atoms with E-state index in [9.17, 15) is 4.79 Å². The van der Waals surface area contributed by atoms with Crippen molar-refractivity contribution in [3.05, 3.63) is 41.2 Å². The Morgan fingerprint density at radius 2 is 2.05 bits per heavy atom. The summed E-state index contributed by atoms with van der Waals surface area (Å²) in [6.07, 6.45) is 3.25. The average molecular weight is 304 g/mol. The molecular weight excluding hydrogens is 288 g/mol. The largest absolute Gasteiger partial charge is 0.478 e. The molecular formula is C14H16N4O2S. The van der Waals surface area contributed by atoms with Crippen LogP contribution in [-0.4, -0.2) is 52.1 Å². The van der Waals surface area contributed by atoms with Crippen LogP contribution >= 0.6 is 11.3 Å². The number of carboxylic acids is 1. The van der Waals surface area contributed by atoms with Gasteiger partial charge in [-0.2, -0.15) is 0 Å². The maximum Gasteiger partial charge on any atom is 0.337 e. The maximum atomic E-state index is 10.8. The Kier molecular flexibility index (Phi) is 4.12. The SMILES string of the molecule is O=C(O)c1ccc(CN2CCN(c3nccs3)CC2)nc1. The molecule has 0 saturated carbocycles. The molecule has 1 fully saturated rings. The molecule has 3 rings (SSSR count). The lowest BCUT2D eigenvalue weighted by Gasteiger charge is -2.34. The van der Waals surface area contributed by atoms with Crippen LogP contribution in [0.1, 0.15) is 16.1 Å². The molecule has 3 heterocycles. The van der Waals surface area contributed by atoms with Crippen molar-refractivity contribution in [2.75, 3.05) is 31.1 Å². The zero-order valence-corrected chi connectivity index (χ0v) is 12.3. The van der Waals surface area contributed by atoms with Crippen molar-refractivity contribution in [1.82, 2.24) is 14.9 Å². The van der Waals surface area contributed by atoms with Gasteiger partial charge in [0.1, 0.15) is 0 Å². The highest BCUT2D eigenvalue weighted by atomic mass is 32.1. The van der Waals surface area contributed by atoms with Gasteiger partial charge in [0.15, 0.2) is 5.13 Å². The number of piperazine rings is 1. The van der Waals surface area contributed by atoms with Gasteiger partial charge in [-0.15, -0.1) is 11.3 Å². The maximum absolute atomic E-state index is 10.8. The number of hydrogen-bond donors (Lipinski definition) is 1. The molecule has 0 unspecified atom stereocenters. The Morgan fingerprint density at radius 1 is 1.24 bits per heavy atom. The molecule has 0 spiro atoms. The van der Waals surface area contributed by atoms with Crippen molar-refractivity contribution in [3.8, 4) is 0 Å². The predicted molar refractivity (Wildman–Crippen MR) is 80.8 cm³/mol. The van der Waals surface area contributed by atoms with Gasteiger partial charge in [-0.1, -0.05) is 0 Å². The van der Waals surface area contributed by atoms with Crippen molar-refractivity contribution in [1.29, 1.82) is 0 Å². The number of pyridine rings is 1. The van der Waals surface area contributed by atoms with E-state index in [4.69, 9.17) is 5.11 Å². The molecule has 110 valence electrons. The van der Waals surface area contributed by atoms with E-state index in [0.717, 1.165) is 43.5 Å². The summed E-state index contributed by atoms with van der Waals surface area (Å²) < 4.78 is 0. The summed E-state index contributed by atoms with van der Waals surface area (Å²) in [4.78, 5) is 24.0. The van der Waals surface area contributed by atoms with Crippen molar-refractivity contribution in [2.45, 2.75) is 6.54 Å². The molecule has 0 radical (unpaired) electrons. The summed E-state index contributed by atoms with van der Waals surface area (Å²) in [5.41, 5.74) is 1.13. The molecule has 7 heteroatoms. The van der Waals surface area contributed by atoms with Crippen molar-refractivity contribution < 1.29 is 9.90 Å². The van der Waals surface area contributed by atoms with E-state index >= 15 is 0 Å². The van der Waals surface area contributed by atoms with E-state index in [1.165, 1.54) is 6.20 Å². The molecule has 0 aliphatic carbocycles. The molecule has 1 saturated heterocycles. The van der Waals surface area contributed by atoms with Gasteiger partial charge in [0.05, 0.1) is 11.3 Å². The minimum atomic E-state index is -0.939. The molecule has 0 atom stereocenters. The van der Waals surface area contributed by atoms with Crippen molar-refractivity contribution in [3.63, 3.8) is 0 Å². The predicted octanol–water partition coefficient (Wildman–Crippen LogP) is 1.56. The summed E-state index contributed by atoms with van der Waals surface area (Å²) >= 11 is 1.67. The third-order valence-electron chi connectivity index (χ3n) is 3.52. The highest BCUT2D eigenvalue weighted by Crippen LogP contribution is 2.19. The number of nitrogens with zero attached hydrogens (tertiary/aromatic N) is 4. The normalized spacial score (nSPS) is 16.1. The standard InChI is InChI=1S/C14H16N4O2S/c19-13(20)11-1-2-12(16-9-11)10-17-4-6-18(7-5-17)14-15-3-8-21-14/h1-3,8-9H,4-7,10H2,(H,19,20). The minimum Gasteiger partial charge on any atom is -0.478 e. The molecule has 1 aliphatic heterocycles. The molecule has 2 aromatic rings. The second-order valence-electron chi connectivity index (χ2n) is 4.92. The summed E-state index contributed by atoms with van der Waals surface area (Å²) in [6, 6.07) is 3.40. The molecule has 1 aliphatic rings. The Labute approximate surface area is 126 Å². The lowest BCUT2D eigenvalue weighted by Crippen LogP contribution is -2.46. The minimum absolute atomic E-state index is 0.229. The van der Waals surface area contributed by atoms with Crippen LogP contribution in [0.4, 0.5) is 5.13 Å². The van der Waals surface area contributed by atoms with Gasteiger partial charge >= 0.3 is 5.97 Å². The van der Waals surface area contributed by atoms with Gasteiger partial charge in [0.25, 0.3) is 0 Å². The monoisotopic (exact) mass is 304 g/mol. The van der Waals surface area contributed by atoms with Crippen LogP contribution in [0.5, 0.6) is 0 Å². The zero-order chi connectivity index (χ0) is 14.7. The Hall–Kier alpha value is -1.99. The summed E-state index contributed by atoms with van der Waals surface area (Å²) in [6.45, 7) is 4.59.